The molecule has 1 aliphatic rings. The molecule has 1 aliphatic carbocycles. The molecule has 1 N–H and O–H groups in total. The number of hydrogen-bond acceptors (Lipinski definition) is 5. The minimum Gasteiger partial charge on any atom is -0.493 e. The van der Waals surface area contributed by atoms with Crippen LogP contribution in [0.4, 0.5) is 24.5 Å². The first kappa shape index (κ1) is 23.2. The molecule has 0 atom stereocenters. The van der Waals surface area contributed by atoms with Crippen LogP contribution in [0.3, 0.4) is 0 Å². The van der Waals surface area contributed by atoms with Crippen LogP contribution in [-0.2, 0) is 11.2 Å². The Morgan fingerprint density at radius 3 is 2.12 bits per heavy atom. The second-order valence-electron chi connectivity index (χ2n) is 7.56. The minimum atomic E-state index is -4.94. The van der Waals surface area contributed by atoms with Crippen LogP contribution in [0.1, 0.15) is 16.7 Å². The van der Waals surface area contributed by atoms with Gasteiger partial charge in [0.2, 0.25) is 5.75 Å². The highest BCUT2D eigenvalue weighted by Crippen LogP contribution is 2.40. The molecule has 0 heterocycles. The third-order valence-corrected chi connectivity index (χ3v) is 5.43. The van der Waals surface area contributed by atoms with E-state index in [0.29, 0.717) is 29.4 Å². The Morgan fingerprint density at radius 2 is 1.53 bits per heavy atom. The third kappa shape index (κ3) is 4.54. The van der Waals surface area contributed by atoms with Gasteiger partial charge in [-0.15, -0.1) is 0 Å². The largest absolute Gasteiger partial charge is 0.493 e. The fourth-order valence-electron chi connectivity index (χ4n) is 3.88. The van der Waals surface area contributed by atoms with Crippen LogP contribution < -0.4 is 19.5 Å². The zero-order valence-corrected chi connectivity index (χ0v) is 18.6. The summed E-state index contributed by atoms with van der Waals surface area (Å²) in [4.78, 5) is 15.8. The molecule has 176 valence electrons. The Kier molecular flexibility index (Phi) is 6.19. The molecule has 1 amide bonds. The van der Waals surface area contributed by atoms with Gasteiger partial charge < -0.3 is 19.5 Å². The van der Waals surface area contributed by atoms with Crippen LogP contribution in [0.5, 0.6) is 17.2 Å². The lowest BCUT2D eigenvalue weighted by Crippen LogP contribution is -2.29. The number of nitrogens with zero attached hydrogens (tertiary/aromatic N) is 1. The van der Waals surface area contributed by atoms with Crippen molar-refractivity contribution in [1.82, 2.24) is 0 Å². The molecule has 0 saturated heterocycles. The molecule has 0 unspecified atom stereocenters. The van der Waals surface area contributed by atoms with E-state index in [1.54, 1.807) is 30.5 Å². The van der Waals surface area contributed by atoms with E-state index in [2.05, 4.69) is 4.99 Å². The first-order valence-electron chi connectivity index (χ1n) is 10.2. The van der Waals surface area contributed by atoms with E-state index in [1.807, 2.05) is 23.5 Å². The molecule has 9 heteroatoms. The second kappa shape index (κ2) is 9.09. The molecule has 6 nitrogen and oxygen atoms in total. The normalized spacial score (nSPS) is 12.3. The van der Waals surface area contributed by atoms with Crippen LogP contribution in [-0.4, -0.2) is 39.6 Å². The molecule has 0 aliphatic heterocycles. The number of ether oxygens (including phenoxy) is 3. The SMILES string of the molecule is COc1cc(C=Nc2ccc3c(c2)Cc2cc(NC(=O)C(F)(F)F)ccc2-3)cc(OC)c1OC. The monoisotopic (exact) mass is 470 g/mol. The van der Waals surface area contributed by atoms with E-state index < -0.39 is 12.1 Å². The van der Waals surface area contributed by atoms with Crippen LogP contribution >= 0.6 is 0 Å². The van der Waals surface area contributed by atoms with E-state index >= 15 is 0 Å². The number of alkyl halides is 3. The molecule has 0 spiro atoms. The summed E-state index contributed by atoms with van der Waals surface area (Å²) < 4.78 is 53.7. The maximum absolute atomic E-state index is 12.5. The van der Waals surface area contributed by atoms with E-state index in [4.69, 9.17) is 14.2 Å². The topological polar surface area (TPSA) is 69.2 Å². The number of carbonyl (C=O) groups is 1. The lowest BCUT2D eigenvalue weighted by Gasteiger charge is -2.12. The molecule has 0 bridgehead atoms. The van der Waals surface area contributed by atoms with Crippen molar-refractivity contribution in [3.05, 3.63) is 65.2 Å². The van der Waals surface area contributed by atoms with Crippen molar-refractivity contribution in [2.45, 2.75) is 12.6 Å². The third-order valence-electron chi connectivity index (χ3n) is 5.43. The Hall–Kier alpha value is -4.01. The molecule has 0 fully saturated rings. The van der Waals surface area contributed by atoms with E-state index in [1.165, 1.54) is 27.4 Å². The van der Waals surface area contributed by atoms with Gasteiger partial charge >= 0.3 is 12.1 Å². The molecule has 34 heavy (non-hydrogen) atoms. The average Bonchev–Trinajstić information content (AvgIpc) is 3.18. The first-order chi connectivity index (χ1) is 16.2. The highest BCUT2D eigenvalue weighted by atomic mass is 19.4. The summed E-state index contributed by atoms with van der Waals surface area (Å²) >= 11 is 0. The Labute approximate surface area is 194 Å². The van der Waals surface area contributed by atoms with Crippen LogP contribution in [0.25, 0.3) is 11.1 Å². The highest BCUT2D eigenvalue weighted by Gasteiger charge is 2.38. The van der Waals surface area contributed by atoms with Crippen molar-refractivity contribution in [3.63, 3.8) is 0 Å². The summed E-state index contributed by atoms with van der Waals surface area (Å²) in [5.41, 5.74) is 5.30. The number of rotatable bonds is 6. The quantitative estimate of drug-likeness (QED) is 0.376. The lowest BCUT2D eigenvalue weighted by atomic mass is 10.1. The zero-order chi connectivity index (χ0) is 24.5. The summed E-state index contributed by atoms with van der Waals surface area (Å²) in [6.07, 6.45) is -2.74. The molecule has 3 aromatic rings. The number of benzene rings is 3. The number of amides is 1. The number of fused-ring (bicyclic) bond motifs is 3. The van der Waals surface area contributed by atoms with Crippen molar-refractivity contribution in [2.24, 2.45) is 4.99 Å². The van der Waals surface area contributed by atoms with Crippen molar-refractivity contribution in [3.8, 4) is 28.4 Å². The van der Waals surface area contributed by atoms with Crippen molar-refractivity contribution < 1.29 is 32.2 Å². The van der Waals surface area contributed by atoms with Gasteiger partial charge in [-0.05, 0) is 65.1 Å². The number of nitrogens with one attached hydrogen (secondary N) is 1. The van der Waals surface area contributed by atoms with Crippen LogP contribution in [0.15, 0.2) is 53.5 Å². The molecule has 4 rings (SSSR count). The van der Waals surface area contributed by atoms with Gasteiger partial charge in [0, 0.05) is 17.5 Å². The number of aliphatic imine (C=N–C) groups is 1. The number of halogens is 3. The fraction of sp³-hybridized carbons (Fsp3) is 0.200. The maximum atomic E-state index is 12.5. The van der Waals surface area contributed by atoms with Gasteiger partial charge in [0.15, 0.2) is 11.5 Å². The van der Waals surface area contributed by atoms with E-state index in [-0.39, 0.29) is 5.69 Å². The van der Waals surface area contributed by atoms with E-state index in [9.17, 15) is 18.0 Å². The van der Waals surface area contributed by atoms with Gasteiger partial charge in [0.25, 0.3) is 0 Å². The number of carbonyl (C=O) groups excluding carboxylic acids is 1. The summed E-state index contributed by atoms with van der Waals surface area (Å²) in [6.45, 7) is 0. The molecule has 0 saturated carbocycles. The number of hydrogen-bond donors (Lipinski definition) is 1. The molecular weight excluding hydrogens is 449 g/mol. The molecule has 0 aromatic heterocycles. The Bertz CT molecular complexity index is 1260. The van der Waals surface area contributed by atoms with Gasteiger partial charge in [0.1, 0.15) is 0 Å². The van der Waals surface area contributed by atoms with Crippen molar-refractivity contribution in [2.75, 3.05) is 26.6 Å². The molecular formula is C25H21F3N2O4. The zero-order valence-electron chi connectivity index (χ0n) is 18.6. The van der Waals surface area contributed by atoms with Gasteiger partial charge in [-0.1, -0.05) is 12.1 Å². The lowest BCUT2D eigenvalue weighted by molar-refractivity contribution is -0.167. The molecule has 3 aromatic carbocycles. The number of anilines is 1. The Balaban J connectivity index is 1.56. The summed E-state index contributed by atoms with van der Waals surface area (Å²) in [5.74, 6) is -0.475. The van der Waals surface area contributed by atoms with Crippen molar-refractivity contribution in [1.29, 1.82) is 0 Å². The predicted molar refractivity (Wildman–Crippen MR) is 123 cm³/mol. The van der Waals surface area contributed by atoms with Gasteiger partial charge in [0.05, 0.1) is 27.0 Å². The molecule has 0 radical (unpaired) electrons. The van der Waals surface area contributed by atoms with Gasteiger partial charge in [-0.2, -0.15) is 13.2 Å². The summed E-state index contributed by atoms with van der Waals surface area (Å²) in [7, 11) is 4.61. The predicted octanol–water partition coefficient (Wildman–Crippen LogP) is 5.54. The fourth-order valence-corrected chi connectivity index (χ4v) is 3.88. The number of methoxy groups -OCH3 is 3. The van der Waals surface area contributed by atoms with Crippen molar-refractivity contribution >= 4 is 23.5 Å². The minimum absolute atomic E-state index is 0.106. The Morgan fingerprint density at radius 1 is 0.912 bits per heavy atom. The smallest absolute Gasteiger partial charge is 0.471 e. The summed E-state index contributed by atoms with van der Waals surface area (Å²) in [6, 6.07) is 14.0. The van der Waals surface area contributed by atoms with Gasteiger partial charge in [-0.3, -0.25) is 9.79 Å². The first-order valence-corrected chi connectivity index (χ1v) is 10.2. The maximum Gasteiger partial charge on any atom is 0.471 e. The summed E-state index contributed by atoms with van der Waals surface area (Å²) in [5, 5.41) is 1.90. The van der Waals surface area contributed by atoms with E-state index in [0.717, 1.165) is 27.8 Å². The van der Waals surface area contributed by atoms with Crippen LogP contribution in [0.2, 0.25) is 0 Å². The second-order valence-corrected chi connectivity index (χ2v) is 7.56. The van der Waals surface area contributed by atoms with Crippen LogP contribution in [0, 0.1) is 0 Å². The van der Waals surface area contributed by atoms with Gasteiger partial charge in [-0.25, -0.2) is 0 Å². The average molecular weight is 470 g/mol. The standard InChI is InChI=1S/C25H21F3N2O4/c1-32-21-8-14(9-22(33-2)23(21)34-3)13-29-17-4-6-19-15(11-17)10-16-12-18(5-7-20(16)19)30-24(31)25(26,27)28/h4-9,11-13H,10H2,1-3H3,(H,30,31). The highest BCUT2D eigenvalue weighted by molar-refractivity contribution is 5.95.